The maximum atomic E-state index is 11.2. The van der Waals surface area contributed by atoms with E-state index >= 15 is 0 Å². The zero-order valence-electron chi connectivity index (χ0n) is 8.89. The van der Waals surface area contributed by atoms with Gasteiger partial charge in [-0.15, -0.1) is 0 Å². The van der Waals surface area contributed by atoms with Crippen LogP contribution in [-0.2, 0) is 0 Å². The van der Waals surface area contributed by atoms with Crippen molar-refractivity contribution in [2.24, 2.45) is 5.73 Å². The summed E-state index contributed by atoms with van der Waals surface area (Å²) >= 11 is 0. The van der Waals surface area contributed by atoms with Gasteiger partial charge in [0, 0.05) is 6.54 Å². The molecule has 1 heterocycles. The summed E-state index contributed by atoms with van der Waals surface area (Å²) in [6.45, 7) is 0.705. The zero-order valence-corrected chi connectivity index (χ0v) is 8.89. The van der Waals surface area contributed by atoms with E-state index in [0.717, 1.165) is 18.4 Å². The molecular weight excluding hydrogens is 202 g/mol. The van der Waals surface area contributed by atoms with E-state index in [1.54, 1.807) is 11.0 Å². The van der Waals surface area contributed by atoms with Gasteiger partial charge in [0.05, 0.1) is 17.7 Å². The molecule has 82 valence electrons. The predicted octanol–water partition coefficient (Wildman–Crippen LogP) is 1.77. The number of nitriles is 1. The lowest BCUT2D eigenvalue weighted by atomic mass is 10.0. The topological polar surface area (TPSA) is 70.1 Å². The van der Waals surface area contributed by atoms with Crippen LogP contribution in [0.15, 0.2) is 24.3 Å². The van der Waals surface area contributed by atoms with E-state index in [4.69, 9.17) is 11.0 Å². The highest BCUT2D eigenvalue weighted by Gasteiger charge is 2.28. The summed E-state index contributed by atoms with van der Waals surface area (Å²) in [4.78, 5) is 12.9. The second kappa shape index (κ2) is 4.23. The molecule has 1 aliphatic rings. The van der Waals surface area contributed by atoms with Gasteiger partial charge in [0.25, 0.3) is 0 Å². The Hall–Kier alpha value is -2.02. The number of amides is 2. The van der Waals surface area contributed by atoms with Crippen molar-refractivity contribution in [2.45, 2.75) is 18.9 Å². The summed E-state index contributed by atoms with van der Waals surface area (Å²) in [7, 11) is 0. The first-order chi connectivity index (χ1) is 7.72. The monoisotopic (exact) mass is 215 g/mol. The van der Waals surface area contributed by atoms with Gasteiger partial charge in [-0.3, -0.25) is 0 Å². The van der Waals surface area contributed by atoms with Gasteiger partial charge in [0.1, 0.15) is 0 Å². The highest BCUT2D eigenvalue weighted by molar-refractivity contribution is 5.73. The van der Waals surface area contributed by atoms with Gasteiger partial charge in [-0.1, -0.05) is 12.1 Å². The molecule has 0 unspecified atom stereocenters. The van der Waals surface area contributed by atoms with Crippen molar-refractivity contribution < 1.29 is 4.79 Å². The first-order valence-corrected chi connectivity index (χ1v) is 5.28. The Morgan fingerprint density at radius 3 is 3.06 bits per heavy atom. The second-order valence-corrected chi connectivity index (χ2v) is 3.93. The summed E-state index contributed by atoms with van der Waals surface area (Å²) in [5, 5.41) is 8.82. The molecule has 2 rings (SSSR count). The van der Waals surface area contributed by atoms with Crippen LogP contribution >= 0.6 is 0 Å². The molecule has 2 amide bonds. The van der Waals surface area contributed by atoms with Crippen molar-refractivity contribution in [3.05, 3.63) is 35.4 Å². The number of nitrogens with zero attached hydrogens (tertiary/aromatic N) is 2. The highest BCUT2D eigenvalue weighted by Crippen LogP contribution is 2.31. The van der Waals surface area contributed by atoms with Crippen LogP contribution in [0.4, 0.5) is 4.79 Å². The number of nitrogens with two attached hydrogens (primary N) is 1. The van der Waals surface area contributed by atoms with Crippen LogP contribution in [0.5, 0.6) is 0 Å². The lowest BCUT2D eigenvalue weighted by molar-refractivity contribution is 0.203. The summed E-state index contributed by atoms with van der Waals surface area (Å²) in [5.74, 6) is 0. The van der Waals surface area contributed by atoms with Crippen molar-refractivity contribution in [2.75, 3.05) is 6.54 Å². The molecule has 4 heteroatoms. The number of rotatable bonds is 1. The minimum Gasteiger partial charge on any atom is -0.351 e. The highest BCUT2D eigenvalue weighted by atomic mass is 16.2. The third kappa shape index (κ3) is 1.84. The summed E-state index contributed by atoms with van der Waals surface area (Å²) in [6.07, 6.45) is 1.88. The third-order valence-electron chi connectivity index (χ3n) is 2.94. The van der Waals surface area contributed by atoms with Gasteiger partial charge in [-0.25, -0.2) is 4.79 Å². The largest absolute Gasteiger partial charge is 0.351 e. The van der Waals surface area contributed by atoms with E-state index in [0.29, 0.717) is 12.1 Å². The summed E-state index contributed by atoms with van der Waals surface area (Å²) < 4.78 is 0. The van der Waals surface area contributed by atoms with Crippen LogP contribution < -0.4 is 5.73 Å². The Bertz CT molecular complexity index is 450. The quantitative estimate of drug-likeness (QED) is 0.775. The van der Waals surface area contributed by atoms with Crippen molar-refractivity contribution in [3.8, 4) is 6.07 Å². The van der Waals surface area contributed by atoms with E-state index in [9.17, 15) is 4.79 Å². The fourth-order valence-corrected chi connectivity index (χ4v) is 2.19. The molecule has 0 aromatic heterocycles. The van der Waals surface area contributed by atoms with Crippen LogP contribution in [0, 0.1) is 11.3 Å². The van der Waals surface area contributed by atoms with Gasteiger partial charge < -0.3 is 10.6 Å². The number of urea groups is 1. The first-order valence-electron chi connectivity index (χ1n) is 5.28. The standard InChI is InChI=1S/C12H13N3O/c13-8-9-3-1-4-10(7-9)11-5-2-6-15(11)12(14)16/h1,3-4,7,11H,2,5-6H2,(H2,14,16)/t11-/m1/s1. The zero-order chi connectivity index (χ0) is 11.5. The van der Waals surface area contributed by atoms with Gasteiger partial charge in [-0.2, -0.15) is 5.26 Å². The van der Waals surface area contributed by atoms with E-state index in [2.05, 4.69) is 6.07 Å². The summed E-state index contributed by atoms with van der Waals surface area (Å²) in [6, 6.07) is 9.11. The first kappa shape index (κ1) is 10.5. The van der Waals surface area contributed by atoms with E-state index < -0.39 is 0 Å². The second-order valence-electron chi connectivity index (χ2n) is 3.93. The minimum absolute atomic E-state index is 0.0331. The molecule has 16 heavy (non-hydrogen) atoms. The van der Waals surface area contributed by atoms with Crippen LogP contribution in [0.3, 0.4) is 0 Å². The van der Waals surface area contributed by atoms with Gasteiger partial charge in [0.15, 0.2) is 0 Å². The van der Waals surface area contributed by atoms with Crippen LogP contribution in [0.1, 0.15) is 30.0 Å². The van der Waals surface area contributed by atoms with E-state index in [1.807, 2.05) is 18.2 Å². The Morgan fingerprint density at radius 1 is 1.56 bits per heavy atom. The average molecular weight is 215 g/mol. The molecular formula is C12H13N3O. The Labute approximate surface area is 94.3 Å². The van der Waals surface area contributed by atoms with Crippen molar-refractivity contribution in [1.82, 2.24) is 4.90 Å². The molecule has 0 aliphatic carbocycles. The summed E-state index contributed by atoms with van der Waals surface area (Å²) in [5.41, 5.74) is 6.93. The molecule has 4 nitrogen and oxygen atoms in total. The lowest BCUT2D eigenvalue weighted by Crippen LogP contribution is -2.35. The SMILES string of the molecule is N#Cc1cccc([C@H]2CCCN2C(N)=O)c1. The maximum Gasteiger partial charge on any atom is 0.315 e. The fraction of sp³-hybridized carbons (Fsp3) is 0.333. The van der Waals surface area contributed by atoms with Gasteiger partial charge in [-0.05, 0) is 30.5 Å². The Balaban J connectivity index is 2.29. The smallest absolute Gasteiger partial charge is 0.315 e. The maximum absolute atomic E-state index is 11.2. The number of carbonyl (C=O) groups is 1. The predicted molar refractivity (Wildman–Crippen MR) is 59.4 cm³/mol. The van der Waals surface area contributed by atoms with Gasteiger partial charge in [0.2, 0.25) is 0 Å². The number of hydrogen-bond acceptors (Lipinski definition) is 2. The molecule has 1 aromatic rings. The molecule has 1 atom stereocenters. The molecule has 0 radical (unpaired) electrons. The minimum atomic E-state index is -0.384. The molecule has 1 aliphatic heterocycles. The van der Waals surface area contributed by atoms with Crippen molar-refractivity contribution >= 4 is 6.03 Å². The molecule has 0 bridgehead atoms. The van der Waals surface area contributed by atoms with E-state index in [1.165, 1.54) is 0 Å². The number of primary amides is 1. The molecule has 0 spiro atoms. The van der Waals surface area contributed by atoms with E-state index in [-0.39, 0.29) is 12.1 Å². The van der Waals surface area contributed by atoms with Crippen LogP contribution in [0.2, 0.25) is 0 Å². The molecule has 0 saturated carbocycles. The molecule has 1 fully saturated rings. The average Bonchev–Trinajstić information content (AvgIpc) is 2.78. The van der Waals surface area contributed by atoms with Crippen molar-refractivity contribution in [3.63, 3.8) is 0 Å². The molecule has 2 N–H and O–H groups in total. The Kier molecular flexibility index (Phi) is 2.78. The third-order valence-corrected chi connectivity index (χ3v) is 2.94. The number of carbonyl (C=O) groups excluding carboxylic acids is 1. The number of likely N-dealkylation sites (tertiary alicyclic amines) is 1. The molecule has 1 saturated heterocycles. The molecule has 1 aromatic carbocycles. The normalized spacial score (nSPS) is 19.4. The lowest BCUT2D eigenvalue weighted by Gasteiger charge is -2.22. The fourth-order valence-electron chi connectivity index (χ4n) is 2.19. The van der Waals surface area contributed by atoms with Crippen LogP contribution in [0.25, 0.3) is 0 Å². The van der Waals surface area contributed by atoms with Crippen molar-refractivity contribution in [1.29, 1.82) is 5.26 Å². The number of hydrogen-bond donors (Lipinski definition) is 1. The van der Waals surface area contributed by atoms with Crippen LogP contribution in [-0.4, -0.2) is 17.5 Å². The Morgan fingerprint density at radius 2 is 2.38 bits per heavy atom. The number of benzene rings is 1. The van der Waals surface area contributed by atoms with Gasteiger partial charge >= 0.3 is 6.03 Å².